The summed E-state index contributed by atoms with van der Waals surface area (Å²) in [4.78, 5) is 28.8. The van der Waals surface area contributed by atoms with Gasteiger partial charge in [-0.3, -0.25) is 4.79 Å². The number of aromatic amines is 1. The Labute approximate surface area is 93.5 Å². The van der Waals surface area contributed by atoms with E-state index in [4.69, 9.17) is 0 Å². The van der Waals surface area contributed by atoms with Gasteiger partial charge in [-0.05, 0) is 22.0 Å². The molecule has 0 amide bonds. The predicted molar refractivity (Wildman–Crippen MR) is 60.1 cm³/mol. The minimum atomic E-state index is -0.514. The number of ketones is 1. The number of para-hydroxylation sites is 1. The summed E-state index contributed by atoms with van der Waals surface area (Å²) in [6, 6.07) is 5.32. The maximum absolute atomic E-state index is 11.3. The molecule has 0 saturated carbocycles. The summed E-state index contributed by atoms with van der Waals surface area (Å²) in [6.07, 6.45) is 0. The van der Waals surface area contributed by atoms with Gasteiger partial charge in [0.05, 0.1) is 11.2 Å². The van der Waals surface area contributed by atoms with Crippen molar-refractivity contribution >= 4 is 32.6 Å². The molecule has 1 N–H and O–H groups in total. The average molecular weight is 267 g/mol. The molecule has 4 nitrogen and oxygen atoms in total. The minimum absolute atomic E-state index is 0.183. The first-order chi connectivity index (χ1) is 7.09. The van der Waals surface area contributed by atoms with Gasteiger partial charge in [0.15, 0.2) is 5.78 Å². The zero-order valence-electron chi connectivity index (χ0n) is 7.87. The number of aromatic nitrogens is 2. The zero-order chi connectivity index (χ0) is 11.0. The summed E-state index contributed by atoms with van der Waals surface area (Å²) in [5.74, 6) is -0.183. The van der Waals surface area contributed by atoms with E-state index in [-0.39, 0.29) is 5.78 Å². The number of Topliss-reactive ketones (excluding diaryl/α,β-unsaturated/α-hetero) is 1. The summed E-state index contributed by atoms with van der Waals surface area (Å²) in [5.41, 5.74) is 0.289. The summed E-state index contributed by atoms with van der Waals surface area (Å²) in [6.45, 7) is 1.41. The molecule has 0 radical (unpaired) electrons. The Morgan fingerprint density at radius 3 is 2.87 bits per heavy atom. The highest BCUT2D eigenvalue weighted by molar-refractivity contribution is 9.10. The average Bonchev–Trinajstić information content (AvgIpc) is 2.18. The van der Waals surface area contributed by atoms with Crippen molar-refractivity contribution < 1.29 is 4.79 Å². The number of halogens is 1. The van der Waals surface area contributed by atoms with Crippen molar-refractivity contribution in [1.82, 2.24) is 9.97 Å². The van der Waals surface area contributed by atoms with E-state index in [1.165, 1.54) is 6.92 Å². The number of nitrogens with one attached hydrogen (secondary N) is 1. The molecule has 0 fully saturated rings. The van der Waals surface area contributed by atoms with Gasteiger partial charge >= 0.3 is 5.69 Å². The molecule has 2 rings (SSSR count). The zero-order valence-corrected chi connectivity index (χ0v) is 9.46. The summed E-state index contributed by atoms with van der Waals surface area (Å²) in [5, 5.41) is 0.650. The first kappa shape index (κ1) is 10.0. The number of rotatable bonds is 1. The van der Waals surface area contributed by atoms with Gasteiger partial charge in [0.2, 0.25) is 0 Å². The van der Waals surface area contributed by atoms with Crippen LogP contribution in [0.1, 0.15) is 17.4 Å². The second kappa shape index (κ2) is 3.58. The molecule has 76 valence electrons. The van der Waals surface area contributed by atoms with Crippen molar-refractivity contribution in [2.45, 2.75) is 6.92 Å². The molecule has 0 bridgehead atoms. The van der Waals surface area contributed by atoms with Crippen molar-refractivity contribution in [3.05, 3.63) is 38.9 Å². The van der Waals surface area contributed by atoms with Gasteiger partial charge in [-0.15, -0.1) is 0 Å². The summed E-state index contributed by atoms with van der Waals surface area (Å²) in [7, 11) is 0. The molecule has 0 aliphatic rings. The van der Waals surface area contributed by atoms with Crippen LogP contribution in [0.3, 0.4) is 0 Å². The number of fused-ring (bicyclic) bond motifs is 1. The molecule has 1 aromatic carbocycles. The number of hydrogen-bond acceptors (Lipinski definition) is 3. The molecule has 0 saturated heterocycles. The van der Waals surface area contributed by atoms with Crippen LogP contribution in [-0.2, 0) is 0 Å². The molecule has 2 aromatic rings. The standard InChI is InChI=1S/C10H7BrN2O2/c1-5(14)8-6-3-2-4-7(11)9(6)13-10(15)12-8/h2-4H,1H3,(H,12,13,15). The number of carbonyl (C=O) groups excluding carboxylic acids is 1. The van der Waals surface area contributed by atoms with Crippen LogP contribution in [0, 0.1) is 0 Å². The number of hydrogen-bond donors (Lipinski definition) is 1. The van der Waals surface area contributed by atoms with Crippen molar-refractivity contribution in [2.24, 2.45) is 0 Å². The highest BCUT2D eigenvalue weighted by Crippen LogP contribution is 2.22. The monoisotopic (exact) mass is 266 g/mol. The molecule has 0 spiro atoms. The lowest BCUT2D eigenvalue weighted by Crippen LogP contribution is -2.15. The smallest absolute Gasteiger partial charge is 0.302 e. The number of H-pyrrole nitrogens is 1. The Kier molecular flexibility index (Phi) is 2.40. The summed E-state index contributed by atoms with van der Waals surface area (Å²) < 4.78 is 0.702. The molecule has 15 heavy (non-hydrogen) atoms. The maximum Gasteiger partial charge on any atom is 0.346 e. The lowest BCUT2D eigenvalue weighted by molar-refractivity contribution is 0.101. The number of nitrogens with zero attached hydrogens (tertiary/aromatic N) is 1. The molecule has 0 unspecified atom stereocenters. The van der Waals surface area contributed by atoms with E-state index < -0.39 is 5.69 Å². The van der Waals surface area contributed by atoms with E-state index in [0.29, 0.717) is 21.1 Å². The second-order valence-electron chi connectivity index (χ2n) is 3.11. The van der Waals surface area contributed by atoms with Gasteiger partial charge in [-0.2, -0.15) is 4.98 Å². The van der Waals surface area contributed by atoms with Crippen LogP contribution in [0.5, 0.6) is 0 Å². The van der Waals surface area contributed by atoms with E-state index in [9.17, 15) is 9.59 Å². The molecule has 0 aliphatic heterocycles. The van der Waals surface area contributed by atoms with Crippen LogP contribution in [0.15, 0.2) is 27.5 Å². The third kappa shape index (κ3) is 1.70. The molecule has 1 aromatic heterocycles. The van der Waals surface area contributed by atoms with E-state index in [0.717, 1.165) is 0 Å². The normalized spacial score (nSPS) is 10.5. The molecule has 5 heteroatoms. The number of benzene rings is 1. The Bertz CT molecular complexity index is 604. The molecular weight excluding hydrogens is 260 g/mol. The van der Waals surface area contributed by atoms with Gasteiger partial charge < -0.3 is 4.98 Å². The van der Waals surface area contributed by atoms with E-state index in [1.54, 1.807) is 18.2 Å². The van der Waals surface area contributed by atoms with Crippen molar-refractivity contribution in [2.75, 3.05) is 0 Å². The highest BCUT2D eigenvalue weighted by Gasteiger charge is 2.10. The van der Waals surface area contributed by atoms with Crippen molar-refractivity contribution in [3.8, 4) is 0 Å². The van der Waals surface area contributed by atoms with Crippen LogP contribution >= 0.6 is 15.9 Å². The first-order valence-corrected chi connectivity index (χ1v) is 5.08. The van der Waals surface area contributed by atoms with Crippen molar-refractivity contribution in [1.29, 1.82) is 0 Å². The van der Waals surface area contributed by atoms with E-state index in [2.05, 4.69) is 25.9 Å². The van der Waals surface area contributed by atoms with Crippen molar-refractivity contribution in [3.63, 3.8) is 0 Å². The largest absolute Gasteiger partial charge is 0.346 e. The SMILES string of the molecule is CC(=O)c1[nH]c(=O)nc2c(Br)cccc12. The van der Waals surface area contributed by atoms with Gasteiger partial charge in [-0.25, -0.2) is 4.79 Å². The summed E-state index contributed by atoms with van der Waals surface area (Å²) >= 11 is 3.29. The lowest BCUT2D eigenvalue weighted by Gasteiger charge is -2.02. The van der Waals surface area contributed by atoms with Gasteiger partial charge in [0.25, 0.3) is 0 Å². The lowest BCUT2D eigenvalue weighted by atomic mass is 10.1. The topological polar surface area (TPSA) is 62.8 Å². The molecule has 1 heterocycles. The molecule has 0 atom stereocenters. The van der Waals surface area contributed by atoms with Crippen LogP contribution in [-0.4, -0.2) is 15.8 Å². The van der Waals surface area contributed by atoms with Crippen LogP contribution in [0.25, 0.3) is 10.9 Å². The number of carbonyl (C=O) groups is 1. The van der Waals surface area contributed by atoms with Gasteiger partial charge in [-0.1, -0.05) is 12.1 Å². The van der Waals surface area contributed by atoms with Crippen LogP contribution in [0.2, 0.25) is 0 Å². The second-order valence-corrected chi connectivity index (χ2v) is 3.96. The van der Waals surface area contributed by atoms with Gasteiger partial charge in [0, 0.05) is 16.8 Å². The quantitative estimate of drug-likeness (QED) is 0.802. The Balaban J connectivity index is 2.99. The fourth-order valence-electron chi connectivity index (χ4n) is 1.41. The Morgan fingerprint density at radius 1 is 1.47 bits per heavy atom. The highest BCUT2D eigenvalue weighted by atomic mass is 79.9. The molecule has 0 aliphatic carbocycles. The minimum Gasteiger partial charge on any atom is -0.302 e. The predicted octanol–water partition coefficient (Wildman–Crippen LogP) is 1.89. The third-order valence-electron chi connectivity index (χ3n) is 2.05. The maximum atomic E-state index is 11.3. The Morgan fingerprint density at radius 2 is 2.20 bits per heavy atom. The van der Waals surface area contributed by atoms with Crippen LogP contribution in [0.4, 0.5) is 0 Å². The Hall–Kier alpha value is -1.49. The fourth-order valence-corrected chi connectivity index (χ4v) is 1.87. The van der Waals surface area contributed by atoms with E-state index >= 15 is 0 Å². The first-order valence-electron chi connectivity index (χ1n) is 4.29. The molecular formula is C10H7BrN2O2. The van der Waals surface area contributed by atoms with Crippen LogP contribution < -0.4 is 5.69 Å². The fraction of sp³-hybridized carbons (Fsp3) is 0.100. The van der Waals surface area contributed by atoms with E-state index in [1.807, 2.05) is 0 Å². The van der Waals surface area contributed by atoms with Gasteiger partial charge in [0.1, 0.15) is 0 Å². The third-order valence-corrected chi connectivity index (χ3v) is 2.69.